The van der Waals surface area contributed by atoms with Crippen LogP contribution in [0.15, 0.2) is 15.9 Å². The van der Waals surface area contributed by atoms with Crippen molar-refractivity contribution in [2.24, 2.45) is 0 Å². The third-order valence-electron chi connectivity index (χ3n) is 3.41. The number of hydrogen-bond acceptors (Lipinski definition) is 3. The third kappa shape index (κ3) is 2.67. The third-order valence-corrected chi connectivity index (χ3v) is 5.04. The van der Waals surface area contributed by atoms with Gasteiger partial charge in [-0.15, -0.1) is 23.7 Å². The van der Waals surface area contributed by atoms with Crippen LogP contribution in [0, 0.1) is 0 Å². The first-order valence-corrected chi connectivity index (χ1v) is 7.15. The van der Waals surface area contributed by atoms with E-state index in [0.29, 0.717) is 18.1 Å². The van der Waals surface area contributed by atoms with Gasteiger partial charge in [0.1, 0.15) is 0 Å². The van der Waals surface area contributed by atoms with E-state index in [1.807, 2.05) is 12.1 Å². The Kier molecular flexibility index (Phi) is 4.13. The summed E-state index contributed by atoms with van der Waals surface area (Å²) in [5, 5.41) is 6.65. The van der Waals surface area contributed by atoms with Crippen LogP contribution in [0.1, 0.15) is 28.9 Å². The van der Waals surface area contributed by atoms with Crippen LogP contribution in [-0.2, 0) is 0 Å². The molecule has 3 atom stereocenters. The van der Waals surface area contributed by atoms with E-state index in [4.69, 9.17) is 0 Å². The number of carbonyl (C=O) groups is 1. The number of fused-ring (bicyclic) bond motifs is 2. The Morgan fingerprint density at radius 1 is 1.47 bits per heavy atom. The monoisotopic (exact) mass is 336 g/mol. The molecule has 0 saturated carbocycles. The Morgan fingerprint density at radius 2 is 2.29 bits per heavy atom. The molecular formula is C11H14BrClN2OS. The van der Waals surface area contributed by atoms with E-state index in [1.54, 1.807) is 0 Å². The fraction of sp³-hybridized carbons (Fsp3) is 0.545. The Morgan fingerprint density at radius 3 is 2.82 bits per heavy atom. The van der Waals surface area contributed by atoms with Crippen LogP contribution >= 0.6 is 39.7 Å². The number of halogens is 2. The summed E-state index contributed by atoms with van der Waals surface area (Å²) in [7, 11) is 0. The first-order chi connectivity index (χ1) is 7.72. The molecule has 2 N–H and O–H groups in total. The van der Waals surface area contributed by atoms with Crippen molar-refractivity contribution in [3.05, 3.63) is 20.8 Å². The van der Waals surface area contributed by atoms with Gasteiger partial charge in [0.15, 0.2) is 0 Å². The van der Waals surface area contributed by atoms with Gasteiger partial charge in [0, 0.05) is 18.1 Å². The topological polar surface area (TPSA) is 41.1 Å². The molecule has 2 bridgehead atoms. The maximum Gasteiger partial charge on any atom is 0.261 e. The van der Waals surface area contributed by atoms with Crippen LogP contribution in [0.5, 0.6) is 0 Å². The normalized spacial score (nSPS) is 30.1. The van der Waals surface area contributed by atoms with Gasteiger partial charge >= 0.3 is 0 Å². The van der Waals surface area contributed by atoms with Crippen LogP contribution in [-0.4, -0.2) is 24.0 Å². The number of rotatable bonds is 2. The second-order valence-electron chi connectivity index (χ2n) is 4.47. The predicted molar refractivity (Wildman–Crippen MR) is 75.1 cm³/mol. The molecule has 2 aliphatic rings. The van der Waals surface area contributed by atoms with E-state index in [9.17, 15) is 4.79 Å². The van der Waals surface area contributed by atoms with Crippen molar-refractivity contribution in [3.63, 3.8) is 0 Å². The van der Waals surface area contributed by atoms with Gasteiger partial charge in [0.25, 0.3) is 5.91 Å². The first-order valence-electron chi connectivity index (χ1n) is 5.54. The van der Waals surface area contributed by atoms with Gasteiger partial charge in [0.2, 0.25) is 0 Å². The Labute approximate surface area is 119 Å². The van der Waals surface area contributed by atoms with E-state index in [-0.39, 0.29) is 18.3 Å². The summed E-state index contributed by atoms with van der Waals surface area (Å²) in [6, 6.07) is 5.23. The predicted octanol–water partition coefficient (Wildman–Crippen LogP) is 2.56. The average molecular weight is 338 g/mol. The van der Waals surface area contributed by atoms with Gasteiger partial charge in [-0.2, -0.15) is 0 Å². The number of nitrogens with one attached hydrogen (secondary N) is 2. The van der Waals surface area contributed by atoms with E-state index in [2.05, 4.69) is 26.6 Å². The molecular weight excluding hydrogens is 324 g/mol. The molecule has 0 aliphatic carbocycles. The molecule has 2 fully saturated rings. The lowest BCUT2D eigenvalue weighted by Gasteiger charge is -2.20. The molecule has 3 heterocycles. The molecule has 94 valence electrons. The van der Waals surface area contributed by atoms with Crippen molar-refractivity contribution >= 4 is 45.6 Å². The second-order valence-corrected chi connectivity index (χ2v) is 6.93. The summed E-state index contributed by atoms with van der Waals surface area (Å²) in [6.45, 7) is 0. The summed E-state index contributed by atoms with van der Waals surface area (Å²) in [5.41, 5.74) is 0. The SMILES string of the molecule is Cl.O=C(N[C@H]1C[C@H]2CC[C@@H]1N2)c1ccc(Br)s1. The van der Waals surface area contributed by atoms with Crippen molar-refractivity contribution in [2.75, 3.05) is 0 Å². The van der Waals surface area contributed by atoms with Crippen LogP contribution in [0.3, 0.4) is 0 Å². The van der Waals surface area contributed by atoms with Crippen molar-refractivity contribution in [1.82, 2.24) is 10.6 Å². The number of thiophene rings is 1. The Hall–Kier alpha value is -0.100. The summed E-state index contributed by atoms with van der Waals surface area (Å²) in [4.78, 5) is 12.7. The molecule has 0 radical (unpaired) electrons. The van der Waals surface area contributed by atoms with E-state index in [1.165, 1.54) is 24.2 Å². The van der Waals surface area contributed by atoms with Gasteiger partial charge in [-0.25, -0.2) is 0 Å². The molecule has 6 heteroatoms. The Bertz CT molecular complexity index is 425. The van der Waals surface area contributed by atoms with Gasteiger partial charge < -0.3 is 10.6 Å². The highest BCUT2D eigenvalue weighted by Crippen LogP contribution is 2.29. The molecule has 2 saturated heterocycles. The standard InChI is InChI=1S/C11H13BrN2OS.ClH/c12-10-4-3-9(16-10)11(15)14-8-5-6-1-2-7(8)13-6;/h3-4,6-8,13H,1-2,5H2,(H,14,15);1H/t6-,7+,8+;/m1./s1. The van der Waals surface area contributed by atoms with Crippen LogP contribution < -0.4 is 10.6 Å². The molecule has 17 heavy (non-hydrogen) atoms. The Balaban J connectivity index is 0.00000108. The molecule has 0 aromatic carbocycles. The summed E-state index contributed by atoms with van der Waals surface area (Å²) in [6.07, 6.45) is 3.55. The zero-order valence-electron chi connectivity index (χ0n) is 9.11. The average Bonchev–Trinajstić information content (AvgIpc) is 2.92. The highest BCUT2D eigenvalue weighted by Gasteiger charge is 2.39. The highest BCUT2D eigenvalue weighted by molar-refractivity contribution is 9.11. The first kappa shape index (κ1) is 13.3. The molecule has 2 aliphatic heterocycles. The minimum absolute atomic E-state index is 0. The maximum absolute atomic E-state index is 11.9. The van der Waals surface area contributed by atoms with E-state index < -0.39 is 0 Å². The van der Waals surface area contributed by atoms with Crippen molar-refractivity contribution < 1.29 is 4.79 Å². The zero-order chi connectivity index (χ0) is 11.1. The number of amides is 1. The molecule has 3 nitrogen and oxygen atoms in total. The lowest BCUT2D eigenvalue weighted by atomic mass is 9.95. The molecule has 1 amide bonds. The number of carbonyl (C=O) groups excluding carboxylic acids is 1. The molecule has 1 aromatic heterocycles. The zero-order valence-corrected chi connectivity index (χ0v) is 12.3. The van der Waals surface area contributed by atoms with E-state index >= 15 is 0 Å². The molecule has 0 unspecified atom stereocenters. The molecule has 3 rings (SSSR count). The highest BCUT2D eigenvalue weighted by atomic mass is 79.9. The van der Waals surface area contributed by atoms with Crippen LogP contribution in [0.25, 0.3) is 0 Å². The van der Waals surface area contributed by atoms with Crippen molar-refractivity contribution in [1.29, 1.82) is 0 Å². The smallest absolute Gasteiger partial charge is 0.261 e. The van der Waals surface area contributed by atoms with Crippen molar-refractivity contribution in [3.8, 4) is 0 Å². The van der Waals surface area contributed by atoms with Crippen LogP contribution in [0.4, 0.5) is 0 Å². The van der Waals surface area contributed by atoms with Gasteiger partial charge in [-0.3, -0.25) is 4.79 Å². The lowest BCUT2D eigenvalue weighted by Crippen LogP contribution is -2.42. The number of hydrogen-bond donors (Lipinski definition) is 2. The van der Waals surface area contributed by atoms with Gasteiger partial charge in [0.05, 0.1) is 8.66 Å². The fourth-order valence-electron chi connectivity index (χ4n) is 2.66. The van der Waals surface area contributed by atoms with E-state index in [0.717, 1.165) is 15.1 Å². The molecule has 0 spiro atoms. The lowest BCUT2D eigenvalue weighted by molar-refractivity contribution is 0.0935. The van der Waals surface area contributed by atoms with Crippen LogP contribution in [0.2, 0.25) is 0 Å². The van der Waals surface area contributed by atoms with Gasteiger partial charge in [-0.05, 0) is 47.3 Å². The quantitative estimate of drug-likeness (QED) is 0.871. The largest absolute Gasteiger partial charge is 0.347 e. The second kappa shape index (κ2) is 5.26. The summed E-state index contributed by atoms with van der Waals surface area (Å²) >= 11 is 4.86. The van der Waals surface area contributed by atoms with Gasteiger partial charge in [-0.1, -0.05) is 0 Å². The fourth-order valence-corrected chi connectivity index (χ4v) is 3.95. The minimum Gasteiger partial charge on any atom is -0.347 e. The maximum atomic E-state index is 11.9. The summed E-state index contributed by atoms with van der Waals surface area (Å²) < 4.78 is 1.00. The van der Waals surface area contributed by atoms with Crippen molar-refractivity contribution in [2.45, 2.75) is 37.4 Å². The summed E-state index contributed by atoms with van der Waals surface area (Å²) in [5.74, 6) is 0.0649. The minimum atomic E-state index is 0. The molecule has 1 aromatic rings.